The van der Waals surface area contributed by atoms with E-state index >= 15 is 0 Å². The molecule has 1 fully saturated rings. The van der Waals surface area contributed by atoms with E-state index in [1.807, 2.05) is 0 Å². The third kappa shape index (κ3) is 1.60. The summed E-state index contributed by atoms with van der Waals surface area (Å²) in [5, 5.41) is 29.5. The Bertz CT molecular complexity index is 137. The maximum Gasteiger partial charge on any atom is 0.220 e. The molecule has 5 atom stereocenters. The van der Waals surface area contributed by atoms with Crippen molar-refractivity contribution in [3.63, 3.8) is 0 Å². The average Bonchev–Trinajstić information content (AvgIpc) is 2.02. The van der Waals surface area contributed by atoms with E-state index in [4.69, 9.17) is 9.47 Å². The van der Waals surface area contributed by atoms with Crippen molar-refractivity contribution in [2.24, 2.45) is 0 Å². The van der Waals surface area contributed by atoms with Crippen LogP contribution >= 0.6 is 0 Å². The quantitative estimate of drug-likeness (QED) is 0.532. The van der Waals surface area contributed by atoms with Gasteiger partial charge in [-0.15, -0.1) is 0 Å². The van der Waals surface area contributed by atoms with Gasteiger partial charge in [-0.1, -0.05) is 0 Å². The Hall–Kier alpha value is -0.200. The van der Waals surface area contributed by atoms with E-state index in [0.717, 1.165) is 0 Å². The lowest BCUT2D eigenvalue weighted by Gasteiger charge is -2.37. The Morgan fingerprint density at radius 1 is 1.33 bits per heavy atom. The number of ether oxygens (including phenoxy) is 2. The van der Waals surface area contributed by atoms with Crippen molar-refractivity contribution in [1.29, 1.82) is 0 Å². The first kappa shape index (κ1) is 9.88. The summed E-state index contributed by atoms with van der Waals surface area (Å²) in [5.74, 6) is 0. The Morgan fingerprint density at radius 2 is 1.92 bits per heavy atom. The van der Waals surface area contributed by atoms with Crippen LogP contribution in [0, 0.1) is 0 Å². The molecule has 0 aromatic rings. The zero-order valence-electron chi connectivity index (χ0n) is 7.01. The SMILES string of the molecule is CO[C@H]1[C@@H](O)[C@@H](C)O[C@H]([O])[C@@H]1O. The van der Waals surface area contributed by atoms with Crippen LogP contribution in [0.5, 0.6) is 0 Å². The average molecular weight is 177 g/mol. The number of methoxy groups -OCH3 is 1. The van der Waals surface area contributed by atoms with E-state index in [9.17, 15) is 15.3 Å². The lowest BCUT2D eigenvalue weighted by Crippen LogP contribution is -2.56. The zero-order valence-corrected chi connectivity index (χ0v) is 7.01. The van der Waals surface area contributed by atoms with Gasteiger partial charge in [0.15, 0.2) is 0 Å². The highest BCUT2D eigenvalue weighted by Gasteiger charge is 2.42. The van der Waals surface area contributed by atoms with E-state index < -0.39 is 30.7 Å². The molecule has 5 nitrogen and oxygen atoms in total. The smallest absolute Gasteiger partial charge is 0.220 e. The summed E-state index contributed by atoms with van der Waals surface area (Å²) in [4.78, 5) is 0. The molecule has 1 aliphatic heterocycles. The molecule has 0 aromatic heterocycles. The van der Waals surface area contributed by atoms with E-state index in [2.05, 4.69) is 0 Å². The molecule has 1 rings (SSSR count). The van der Waals surface area contributed by atoms with E-state index in [0.29, 0.717) is 0 Å². The first-order valence-electron chi connectivity index (χ1n) is 3.78. The number of rotatable bonds is 1. The fraction of sp³-hybridized carbons (Fsp3) is 1.00. The summed E-state index contributed by atoms with van der Waals surface area (Å²) >= 11 is 0. The molecule has 0 amide bonds. The van der Waals surface area contributed by atoms with Crippen molar-refractivity contribution >= 4 is 0 Å². The molecular formula is C7H13O5. The molecule has 0 saturated carbocycles. The Labute approximate surface area is 70.5 Å². The minimum atomic E-state index is -1.53. The molecule has 2 N–H and O–H groups in total. The van der Waals surface area contributed by atoms with Gasteiger partial charge >= 0.3 is 0 Å². The lowest BCUT2D eigenvalue weighted by atomic mass is 10.00. The molecule has 1 radical (unpaired) electrons. The number of hydrogen-bond donors (Lipinski definition) is 2. The van der Waals surface area contributed by atoms with Crippen molar-refractivity contribution < 1.29 is 24.8 Å². The molecule has 1 heterocycles. The molecule has 5 heteroatoms. The second kappa shape index (κ2) is 3.68. The first-order valence-corrected chi connectivity index (χ1v) is 3.78. The van der Waals surface area contributed by atoms with Crippen LogP contribution in [0.4, 0.5) is 0 Å². The van der Waals surface area contributed by atoms with Crippen LogP contribution in [-0.2, 0) is 14.6 Å². The molecule has 0 aromatic carbocycles. The summed E-state index contributed by atoms with van der Waals surface area (Å²) in [6, 6.07) is 0. The van der Waals surface area contributed by atoms with Gasteiger partial charge in [-0.05, 0) is 6.92 Å². The van der Waals surface area contributed by atoms with Crippen LogP contribution < -0.4 is 0 Å². The summed E-state index contributed by atoms with van der Waals surface area (Å²) < 4.78 is 9.48. The van der Waals surface area contributed by atoms with Crippen molar-refractivity contribution in [2.75, 3.05) is 7.11 Å². The van der Waals surface area contributed by atoms with Crippen LogP contribution in [0.1, 0.15) is 6.92 Å². The van der Waals surface area contributed by atoms with Gasteiger partial charge < -0.3 is 19.7 Å². The molecule has 0 spiro atoms. The third-order valence-corrected chi connectivity index (χ3v) is 2.05. The van der Waals surface area contributed by atoms with Crippen molar-refractivity contribution in [1.82, 2.24) is 0 Å². The molecule has 12 heavy (non-hydrogen) atoms. The van der Waals surface area contributed by atoms with Crippen LogP contribution in [0.15, 0.2) is 0 Å². The van der Waals surface area contributed by atoms with Gasteiger partial charge in [0.25, 0.3) is 0 Å². The second-order valence-electron chi connectivity index (χ2n) is 2.89. The predicted molar refractivity (Wildman–Crippen MR) is 37.8 cm³/mol. The number of aliphatic hydroxyl groups is 2. The highest BCUT2D eigenvalue weighted by atomic mass is 16.6. The third-order valence-electron chi connectivity index (χ3n) is 2.05. The summed E-state index contributed by atoms with van der Waals surface area (Å²) in [6.45, 7) is 1.56. The van der Waals surface area contributed by atoms with Gasteiger partial charge in [-0.2, -0.15) is 5.11 Å². The molecule has 1 saturated heterocycles. The zero-order chi connectivity index (χ0) is 9.30. The first-order chi connectivity index (χ1) is 5.57. The van der Waals surface area contributed by atoms with Crippen molar-refractivity contribution in [2.45, 2.75) is 37.6 Å². The maximum absolute atomic E-state index is 10.9. The predicted octanol–water partition coefficient (Wildman–Crippen LogP) is -1.10. The largest absolute Gasteiger partial charge is 0.388 e. The molecule has 0 aliphatic carbocycles. The number of hydrogen-bond acceptors (Lipinski definition) is 4. The molecule has 71 valence electrons. The number of aliphatic hydroxyl groups excluding tert-OH is 2. The van der Waals surface area contributed by atoms with Crippen molar-refractivity contribution in [3.05, 3.63) is 0 Å². The maximum atomic E-state index is 10.9. The van der Waals surface area contributed by atoms with Gasteiger partial charge in [-0.3, -0.25) is 0 Å². The molecule has 0 bridgehead atoms. The fourth-order valence-electron chi connectivity index (χ4n) is 1.28. The Kier molecular flexibility index (Phi) is 3.03. The minimum absolute atomic E-state index is 0.596. The monoisotopic (exact) mass is 177 g/mol. The standard InChI is InChI=1S/C7H13O5/c1-3-4(8)6(11-2)5(9)7(10)12-3/h3-9H,1-2H3/t3-,4+,5-,6+,7+/m1/s1. The molecule has 1 aliphatic rings. The summed E-state index contributed by atoms with van der Waals surface area (Å²) in [7, 11) is 1.34. The van der Waals surface area contributed by atoms with E-state index in [-0.39, 0.29) is 0 Å². The van der Waals surface area contributed by atoms with Gasteiger partial charge in [-0.25, -0.2) is 0 Å². The van der Waals surface area contributed by atoms with Crippen LogP contribution in [0.2, 0.25) is 0 Å². The van der Waals surface area contributed by atoms with Gasteiger partial charge in [0.05, 0.1) is 6.10 Å². The fourth-order valence-corrected chi connectivity index (χ4v) is 1.28. The minimum Gasteiger partial charge on any atom is -0.388 e. The van der Waals surface area contributed by atoms with Crippen LogP contribution in [0.25, 0.3) is 0 Å². The normalized spacial score (nSPS) is 49.2. The van der Waals surface area contributed by atoms with Gasteiger partial charge in [0, 0.05) is 7.11 Å². The van der Waals surface area contributed by atoms with Crippen LogP contribution in [-0.4, -0.2) is 48.0 Å². The van der Waals surface area contributed by atoms with E-state index in [1.54, 1.807) is 6.92 Å². The van der Waals surface area contributed by atoms with Gasteiger partial charge in [0.1, 0.15) is 18.3 Å². The lowest BCUT2D eigenvalue weighted by molar-refractivity contribution is -0.299. The molecule has 0 unspecified atom stereocenters. The highest BCUT2D eigenvalue weighted by molar-refractivity contribution is 4.87. The summed E-state index contributed by atoms with van der Waals surface area (Å²) in [5.41, 5.74) is 0. The topological polar surface area (TPSA) is 78.8 Å². The Morgan fingerprint density at radius 3 is 2.42 bits per heavy atom. The van der Waals surface area contributed by atoms with Gasteiger partial charge in [0.2, 0.25) is 6.29 Å². The van der Waals surface area contributed by atoms with E-state index in [1.165, 1.54) is 7.11 Å². The van der Waals surface area contributed by atoms with Crippen molar-refractivity contribution in [3.8, 4) is 0 Å². The summed E-state index contributed by atoms with van der Waals surface area (Å²) in [6.07, 6.45) is -5.23. The highest BCUT2D eigenvalue weighted by Crippen LogP contribution is 2.21. The second-order valence-corrected chi connectivity index (χ2v) is 2.89. The Balaban J connectivity index is 2.67. The van der Waals surface area contributed by atoms with Crippen LogP contribution in [0.3, 0.4) is 0 Å². The molecular weight excluding hydrogens is 164 g/mol.